The largest absolute Gasteiger partial charge is 0.478 e. The van der Waals surface area contributed by atoms with E-state index in [9.17, 15) is 14.4 Å². The lowest BCUT2D eigenvalue weighted by Crippen LogP contribution is -2.21. The minimum atomic E-state index is -1.12. The molecule has 2 heterocycles. The van der Waals surface area contributed by atoms with Gasteiger partial charge in [-0.2, -0.15) is 0 Å². The molecule has 0 radical (unpaired) electrons. The lowest BCUT2D eigenvalue weighted by atomic mass is 10.2. The van der Waals surface area contributed by atoms with Crippen LogP contribution in [-0.2, 0) is 0 Å². The van der Waals surface area contributed by atoms with Gasteiger partial charge in [0, 0.05) is 22.8 Å². The molecular formula is C13H12N2O4S. The molecule has 0 saturated heterocycles. The summed E-state index contributed by atoms with van der Waals surface area (Å²) in [5.74, 6) is -1.75. The standard InChI is InChI=1S/C13H12N2O4S/c1-6-3-10(16)9(5-14-6)11(17)15-12-8(13(18)19)4-7(2)20-12/h3-5H,1-2H3,(H,14,16)(H,15,17)(H,18,19). The molecule has 7 heteroatoms. The normalized spacial score (nSPS) is 10.3. The topological polar surface area (TPSA) is 99.3 Å². The number of rotatable bonds is 3. The Labute approximate surface area is 118 Å². The van der Waals surface area contributed by atoms with Crippen LogP contribution >= 0.6 is 11.3 Å². The Morgan fingerprint density at radius 3 is 2.55 bits per heavy atom. The van der Waals surface area contributed by atoms with Gasteiger partial charge >= 0.3 is 5.97 Å². The maximum Gasteiger partial charge on any atom is 0.338 e. The zero-order valence-corrected chi connectivity index (χ0v) is 11.6. The molecule has 104 valence electrons. The van der Waals surface area contributed by atoms with E-state index in [0.29, 0.717) is 5.69 Å². The van der Waals surface area contributed by atoms with Crippen LogP contribution in [0.5, 0.6) is 0 Å². The average Bonchev–Trinajstić information content (AvgIpc) is 2.70. The molecule has 0 aliphatic carbocycles. The predicted molar refractivity (Wildman–Crippen MR) is 75.8 cm³/mol. The smallest absolute Gasteiger partial charge is 0.338 e. The third kappa shape index (κ3) is 2.77. The van der Waals surface area contributed by atoms with Gasteiger partial charge in [0.2, 0.25) is 0 Å². The van der Waals surface area contributed by atoms with Crippen LogP contribution in [0.25, 0.3) is 0 Å². The van der Waals surface area contributed by atoms with Gasteiger partial charge in [-0.05, 0) is 19.9 Å². The summed E-state index contributed by atoms with van der Waals surface area (Å²) in [7, 11) is 0. The first-order valence-electron chi connectivity index (χ1n) is 5.73. The van der Waals surface area contributed by atoms with Crippen molar-refractivity contribution in [1.82, 2.24) is 4.98 Å². The molecule has 2 aromatic rings. The van der Waals surface area contributed by atoms with Gasteiger partial charge in [-0.3, -0.25) is 9.59 Å². The van der Waals surface area contributed by atoms with Crippen molar-refractivity contribution in [2.24, 2.45) is 0 Å². The van der Waals surface area contributed by atoms with Crippen molar-refractivity contribution in [3.63, 3.8) is 0 Å². The number of H-pyrrole nitrogens is 1. The van der Waals surface area contributed by atoms with Crippen molar-refractivity contribution >= 4 is 28.2 Å². The molecule has 0 fully saturated rings. The summed E-state index contributed by atoms with van der Waals surface area (Å²) in [6.45, 7) is 3.44. The highest BCUT2D eigenvalue weighted by Gasteiger charge is 2.18. The molecule has 2 aromatic heterocycles. The van der Waals surface area contributed by atoms with Gasteiger partial charge in [0.15, 0.2) is 5.43 Å². The Kier molecular flexibility index (Phi) is 3.71. The second kappa shape index (κ2) is 5.30. The van der Waals surface area contributed by atoms with Crippen LogP contribution in [-0.4, -0.2) is 22.0 Å². The Morgan fingerprint density at radius 1 is 1.25 bits per heavy atom. The van der Waals surface area contributed by atoms with Gasteiger partial charge in [0.05, 0.1) is 5.56 Å². The minimum absolute atomic E-state index is 0.0180. The maximum atomic E-state index is 12.0. The minimum Gasteiger partial charge on any atom is -0.478 e. The van der Waals surface area contributed by atoms with Crippen molar-refractivity contribution in [2.45, 2.75) is 13.8 Å². The molecule has 0 aliphatic heterocycles. The van der Waals surface area contributed by atoms with E-state index in [-0.39, 0.29) is 16.1 Å². The van der Waals surface area contributed by atoms with Crippen molar-refractivity contribution in [2.75, 3.05) is 5.32 Å². The van der Waals surface area contributed by atoms with Crippen LogP contribution in [0.3, 0.4) is 0 Å². The zero-order valence-electron chi connectivity index (χ0n) is 10.8. The number of hydrogen-bond donors (Lipinski definition) is 3. The van der Waals surface area contributed by atoms with Crippen LogP contribution in [0.4, 0.5) is 5.00 Å². The number of nitrogens with one attached hydrogen (secondary N) is 2. The van der Waals surface area contributed by atoms with Crippen LogP contribution < -0.4 is 10.7 Å². The number of aromatic amines is 1. The fourth-order valence-corrected chi connectivity index (χ4v) is 2.59. The fraction of sp³-hybridized carbons (Fsp3) is 0.154. The van der Waals surface area contributed by atoms with E-state index in [0.717, 1.165) is 16.2 Å². The quantitative estimate of drug-likeness (QED) is 0.805. The zero-order chi connectivity index (χ0) is 14.9. The summed E-state index contributed by atoms with van der Waals surface area (Å²) in [6.07, 6.45) is 1.31. The first kappa shape index (κ1) is 14.0. The van der Waals surface area contributed by atoms with E-state index in [2.05, 4.69) is 10.3 Å². The molecule has 0 aliphatic rings. The lowest BCUT2D eigenvalue weighted by Gasteiger charge is -2.04. The Hall–Kier alpha value is -2.41. The Bertz CT molecular complexity index is 745. The van der Waals surface area contributed by atoms with Crippen LogP contribution in [0.2, 0.25) is 0 Å². The van der Waals surface area contributed by atoms with Crippen LogP contribution in [0.15, 0.2) is 23.1 Å². The van der Waals surface area contributed by atoms with Crippen molar-refractivity contribution in [1.29, 1.82) is 0 Å². The number of carboxylic acid groups (broad SMARTS) is 1. The number of hydrogen-bond acceptors (Lipinski definition) is 4. The molecule has 20 heavy (non-hydrogen) atoms. The Balaban J connectivity index is 2.32. The molecule has 1 amide bonds. The monoisotopic (exact) mass is 292 g/mol. The molecule has 0 unspecified atom stereocenters. The van der Waals surface area contributed by atoms with E-state index in [1.54, 1.807) is 13.8 Å². The summed E-state index contributed by atoms with van der Waals surface area (Å²) in [6, 6.07) is 2.79. The third-order valence-electron chi connectivity index (χ3n) is 2.61. The van der Waals surface area contributed by atoms with Crippen molar-refractivity contribution in [3.8, 4) is 0 Å². The molecule has 2 rings (SSSR count). The van der Waals surface area contributed by atoms with Gasteiger partial charge in [0.25, 0.3) is 5.91 Å². The SMILES string of the molecule is Cc1cc(=O)c(C(=O)Nc2sc(C)cc2C(=O)O)c[nH]1. The molecule has 0 saturated carbocycles. The number of aromatic carboxylic acids is 1. The summed E-state index contributed by atoms with van der Waals surface area (Å²) in [5.41, 5.74) is 0.191. The second-order valence-electron chi connectivity index (χ2n) is 4.25. The number of anilines is 1. The number of amides is 1. The van der Waals surface area contributed by atoms with Crippen LogP contribution in [0, 0.1) is 13.8 Å². The summed E-state index contributed by atoms with van der Waals surface area (Å²) >= 11 is 1.15. The lowest BCUT2D eigenvalue weighted by molar-refractivity contribution is 0.0698. The number of carbonyl (C=O) groups is 2. The summed E-state index contributed by atoms with van der Waals surface area (Å²) < 4.78 is 0. The van der Waals surface area contributed by atoms with E-state index in [1.807, 2.05) is 0 Å². The van der Waals surface area contributed by atoms with Crippen molar-refractivity contribution < 1.29 is 14.7 Å². The molecular weight excluding hydrogens is 280 g/mol. The average molecular weight is 292 g/mol. The Morgan fingerprint density at radius 2 is 1.95 bits per heavy atom. The van der Waals surface area contributed by atoms with Gasteiger partial charge in [-0.25, -0.2) is 4.79 Å². The first-order chi connectivity index (χ1) is 9.38. The molecule has 0 spiro atoms. The van der Waals surface area contributed by atoms with Crippen molar-refractivity contribution in [3.05, 3.63) is 50.3 Å². The molecule has 3 N–H and O–H groups in total. The summed E-state index contributed by atoms with van der Waals surface area (Å²) in [4.78, 5) is 38.3. The van der Waals surface area contributed by atoms with E-state index in [4.69, 9.17) is 5.11 Å². The molecule has 0 atom stereocenters. The number of thiophene rings is 1. The third-order valence-corrected chi connectivity index (χ3v) is 3.58. The van der Waals surface area contributed by atoms with Gasteiger partial charge < -0.3 is 15.4 Å². The highest BCUT2D eigenvalue weighted by molar-refractivity contribution is 7.16. The fourth-order valence-electron chi connectivity index (χ4n) is 1.69. The number of pyridine rings is 1. The van der Waals surface area contributed by atoms with E-state index >= 15 is 0 Å². The van der Waals surface area contributed by atoms with Gasteiger partial charge in [0.1, 0.15) is 10.6 Å². The number of carboxylic acids is 1. The van der Waals surface area contributed by atoms with Crippen LogP contribution in [0.1, 0.15) is 31.3 Å². The number of carbonyl (C=O) groups excluding carboxylic acids is 1. The highest BCUT2D eigenvalue weighted by Crippen LogP contribution is 2.27. The maximum absolute atomic E-state index is 12.0. The first-order valence-corrected chi connectivity index (χ1v) is 6.54. The van der Waals surface area contributed by atoms with Gasteiger partial charge in [-0.15, -0.1) is 11.3 Å². The molecule has 0 aromatic carbocycles. The van der Waals surface area contributed by atoms with Gasteiger partial charge in [-0.1, -0.05) is 0 Å². The van der Waals surface area contributed by atoms with E-state index < -0.39 is 17.3 Å². The molecule has 0 bridgehead atoms. The number of aryl methyl sites for hydroxylation is 2. The van der Waals surface area contributed by atoms with E-state index in [1.165, 1.54) is 18.3 Å². The highest BCUT2D eigenvalue weighted by atomic mass is 32.1. The molecule has 6 nitrogen and oxygen atoms in total. The predicted octanol–water partition coefficient (Wildman–Crippen LogP) is 2.00. The second-order valence-corrected chi connectivity index (χ2v) is 5.51. The summed E-state index contributed by atoms with van der Waals surface area (Å²) in [5, 5.41) is 11.7. The number of aromatic nitrogens is 1.